The number of hydrogen-bond acceptors (Lipinski definition) is 6. The maximum absolute atomic E-state index is 13.6. The van der Waals surface area contributed by atoms with Gasteiger partial charge in [-0.1, -0.05) is 75.4 Å². The van der Waals surface area contributed by atoms with Crippen LogP contribution in [-0.2, 0) is 30.5 Å². The van der Waals surface area contributed by atoms with Gasteiger partial charge in [0.1, 0.15) is 28.8 Å². The number of ketones is 1. The molecule has 2 aliphatic rings. The number of para-hydroxylation sites is 3. The highest BCUT2D eigenvalue weighted by Gasteiger charge is 2.25. The minimum absolute atomic E-state index is 0.0356. The fraction of sp³-hybridized carbons (Fsp3) is 0.312. The number of Topliss-reactive ketones (excluding diaryl/α,β-unsaturated/α-hetero) is 1. The van der Waals surface area contributed by atoms with Gasteiger partial charge in [-0.05, 0) is 119 Å². The maximum atomic E-state index is 13.6. The Morgan fingerprint density at radius 1 is 0.574 bits per heavy atom. The Labute approximate surface area is 319 Å². The first-order valence-corrected chi connectivity index (χ1v) is 19.5. The summed E-state index contributed by atoms with van der Waals surface area (Å²) >= 11 is 0. The third-order valence-corrected chi connectivity index (χ3v) is 10.1. The van der Waals surface area contributed by atoms with E-state index in [1.165, 1.54) is 0 Å². The van der Waals surface area contributed by atoms with Gasteiger partial charge in [-0.2, -0.15) is 0 Å². The molecule has 8 bridgehead atoms. The van der Waals surface area contributed by atoms with Crippen LogP contribution in [0.5, 0.6) is 23.0 Å². The molecule has 2 aliphatic carbocycles. The van der Waals surface area contributed by atoms with E-state index in [4.69, 9.17) is 18.6 Å². The van der Waals surface area contributed by atoms with E-state index in [1.54, 1.807) is 6.26 Å². The van der Waals surface area contributed by atoms with Crippen molar-refractivity contribution < 1.29 is 28.5 Å². The standard InChI is InChI=1S/C48H50O6/c1-4-20-52-46-35-11-7-12-36(46)28-38-14-9-16-40(48(38)54-22-6-3)30-42-26-32(24-33-18-19-34(44(33)49)31-43-17-10-23-51-43)25-41(45(42)50)29-39-15-8-13-37(27-35)47(39)53-21-5-2/h7-17,23-26,31,50H,4-6,18-22,27-30H2,1-3H3/b33-24+,34-31+. The lowest BCUT2D eigenvalue weighted by molar-refractivity contribution is -0.111. The molecule has 1 fully saturated rings. The highest BCUT2D eigenvalue weighted by Crippen LogP contribution is 2.40. The van der Waals surface area contributed by atoms with E-state index in [0.717, 1.165) is 97.7 Å². The van der Waals surface area contributed by atoms with Gasteiger partial charge in [-0.15, -0.1) is 0 Å². The first-order valence-electron chi connectivity index (χ1n) is 19.5. The van der Waals surface area contributed by atoms with Crippen LogP contribution in [0.1, 0.15) is 109 Å². The lowest BCUT2D eigenvalue weighted by atomic mass is 9.90. The van der Waals surface area contributed by atoms with Crippen LogP contribution < -0.4 is 14.2 Å². The van der Waals surface area contributed by atoms with E-state index < -0.39 is 0 Å². The zero-order valence-electron chi connectivity index (χ0n) is 31.7. The smallest absolute Gasteiger partial charge is 0.185 e. The van der Waals surface area contributed by atoms with Gasteiger partial charge in [0, 0.05) is 36.8 Å². The fourth-order valence-corrected chi connectivity index (χ4v) is 7.60. The van der Waals surface area contributed by atoms with Crippen molar-refractivity contribution in [3.63, 3.8) is 0 Å². The Hall–Kier alpha value is -5.49. The van der Waals surface area contributed by atoms with Crippen molar-refractivity contribution in [1.82, 2.24) is 0 Å². The molecule has 0 radical (unpaired) electrons. The molecule has 0 spiro atoms. The van der Waals surface area contributed by atoms with E-state index in [0.29, 0.717) is 64.1 Å². The van der Waals surface area contributed by atoms with Crippen molar-refractivity contribution in [2.24, 2.45) is 0 Å². The maximum Gasteiger partial charge on any atom is 0.185 e. The molecule has 0 unspecified atom stereocenters. The first kappa shape index (κ1) is 36.9. The van der Waals surface area contributed by atoms with E-state index in [1.807, 2.05) is 36.4 Å². The monoisotopic (exact) mass is 722 g/mol. The normalized spacial score (nSPS) is 15.5. The van der Waals surface area contributed by atoms with Crippen LogP contribution in [0, 0.1) is 0 Å². The molecule has 6 heteroatoms. The molecular weight excluding hydrogens is 673 g/mol. The molecule has 0 saturated heterocycles. The molecule has 1 saturated carbocycles. The predicted molar refractivity (Wildman–Crippen MR) is 215 cm³/mol. The van der Waals surface area contributed by atoms with Crippen molar-refractivity contribution in [3.05, 3.63) is 152 Å². The number of phenols is 1. The summed E-state index contributed by atoms with van der Waals surface area (Å²) in [7, 11) is 0. The van der Waals surface area contributed by atoms with Crippen molar-refractivity contribution in [3.8, 4) is 23.0 Å². The highest BCUT2D eigenvalue weighted by atomic mass is 16.5. The van der Waals surface area contributed by atoms with Gasteiger partial charge in [-0.25, -0.2) is 0 Å². The summed E-state index contributed by atoms with van der Waals surface area (Å²) in [6.45, 7) is 8.15. The molecule has 278 valence electrons. The SMILES string of the molecule is CCCOc1c2cccc1Cc1cccc(c1OCCC)Cc1cccc(c1OCCC)Cc1cc(/C=C3\CC/C(=C\c4ccco4)C3=O)cc(c1O)C2. The van der Waals surface area contributed by atoms with Gasteiger partial charge in [0.2, 0.25) is 0 Å². The number of rotatable bonds is 11. The third-order valence-electron chi connectivity index (χ3n) is 10.1. The number of aromatic hydroxyl groups is 1. The Morgan fingerprint density at radius 2 is 0.981 bits per heavy atom. The van der Waals surface area contributed by atoms with Crippen LogP contribution >= 0.6 is 0 Å². The number of fused-ring (bicyclic) bond motifs is 8. The molecule has 1 aromatic heterocycles. The average Bonchev–Trinajstić information content (AvgIpc) is 3.81. The second-order valence-electron chi connectivity index (χ2n) is 14.3. The van der Waals surface area contributed by atoms with Crippen molar-refractivity contribution in [2.75, 3.05) is 19.8 Å². The van der Waals surface area contributed by atoms with Crippen LogP contribution in [0.3, 0.4) is 0 Å². The predicted octanol–water partition coefficient (Wildman–Crippen LogP) is 10.9. The first-order chi connectivity index (χ1) is 26.4. The lowest BCUT2D eigenvalue weighted by Gasteiger charge is -2.22. The number of furan rings is 1. The quantitative estimate of drug-likeness (QED) is 0.134. The summed E-state index contributed by atoms with van der Waals surface area (Å²) in [4.78, 5) is 13.6. The summed E-state index contributed by atoms with van der Waals surface area (Å²) in [5, 5.41) is 12.1. The van der Waals surface area contributed by atoms with Gasteiger partial charge in [0.25, 0.3) is 0 Å². The molecule has 54 heavy (non-hydrogen) atoms. The number of carbonyl (C=O) groups excluding carboxylic acids is 1. The second-order valence-corrected chi connectivity index (χ2v) is 14.3. The van der Waals surface area contributed by atoms with E-state index in [9.17, 15) is 9.90 Å². The fourth-order valence-electron chi connectivity index (χ4n) is 7.60. The van der Waals surface area contributed by atoms with Gasteiger partial charge in [-0.3, -0.25) is 4.79 Å². The van der Waals surface area contributed by atoms with Crippen LogP contribution in [0.4, 0.5) is 0 Å². The lowest BCUT2D eigenvalue weighted by Crippen LogP contribution is -2.09. The van der Waals surface area contributed by atoms with Crippen LogP contribution in [-0.4, -0.2) is 30.7 Å². The van der Waals surface area contributed by atoms with Crippen molar-refractivity contribution >= 4 is 17.9 Å². The Kier molecular flexibility index (Phi) is 11.7. The van der Waals surface area contributed by atoms with Crippen LogP contribution in [0.15, 0.2) is 101 Å². The molecule has 0 aliphatic heterocycles. The highest BCUT2D eigenvalue weighted by molar-refractivity contribution is 6.15. The second kappa shape index (κ2) is 17.1. The summed E-state index contributed by atoms with van der Waals surface area (Å²) in [6, 6.07) is 26.8. The van der Waals surface area contributed by atoms with Gasteiger partial charge in [0.15, 0.2) is 5.78 Å². The van der Waals surface area contributed by atoms with Gasteiger partial charge >= 0.3 is 0 Å². The minimum Gasteiger partial charge on any atom is -0.507 e. The molecule has 0 atom stereocenters. The van der Waals surface area contributed by atoms with Crippen molar-refractivity contribution in [1.29, 1.82) is 0 Å². The third kappa shape index (κ3) is 8.18. The van der Waals surface area contributed by atoms with Crippen molar-refractivity contribution in [2.45, 2.75) is 78.6 Å². The Balaban J connectivity index is 1.40. The Bertz CT molecular complexity index is 2070. The summed E-state index contributed by atoms with van der Waals surface area (Å²) in [5.41, 5.74) is 10.3. The number of benzene rings is 4. The minimum atomic E-state index is 0.0356. The van der Waals surface area contributed by atoms with Gasteiger partial charge < -0.3 is 23.7 Å². The number of phenolic OH excluding ortho intramolecular Hbond substituents is 1. The summed E-state index contributed by atoms with van der Waals surface area (Å²) in [6.07, 6.45) is 11.6. The number of ether oxygens (including phenoxy) is 3. The molecular formula is C48H50O6. The average molecular weight is 723 g/mol. The van der Waals surface area contributed by atoms with E-state index in [-0.39, 0.29) is 11.5 Å². The van der Waals surface area contributed by atoms with Crippen LogP contribution in [0.25, 0.3) is 12.2 Å². The summed E-state index contributed by atoms with van der Waals surface area (Å²) in [5.74, 6) is 3.59. The molecule has 4 aromatic carbocycles. The molecule has 1 heterocycles. The topological polar surface area (TPSA) is 78.1 Å². The van der Waals surface area contributed by atoms with E-state index >= 15 is 0 Å². The Morgan fingerprint density at radius 3 is 1.37 bits per heavy atom. The summed E-state index contributed by atoms with van der Waals surface area (Å²) < 4.78 is 25.2. The largest absolute Gasteiger partial charge is 0.507 e. The van der Waals surface area contributed by atoms with E-state index in [2.05, 4.69) is 75.4 Å². The molecule has 1 N–H and O–H groups in total. The molecule has 5 aromatic rings. The van der Waals surface area contributed by atoms with Crippen LogP contribution in [0.2, 0.25) is 0 Å². The molecule has 6 nitrogen and oxygen atoms in total. The van der Waals surface area contributed by atoms with Gasteiger partial charge in [0.05, 0.1) is 26.1 Å². The zero-order valence-corrected chi connectivity index (χ0v) is 31.7. The zero-order chi connectivity index (χ0) is 37.4. The molecule has 0 amide bonds. The number of hydrogen-bond donors (Lipinski definition) is 1. The molecule has 7 rings (SSSR count). The number of allylic oxidation sites excluding steroid dienone is 2. The number of carbonyl (C=O) groups is 1.